The fourth-order valence-corrected chi connectivity index (χ4v) is 1.77. The summed E-state index contributed by atoms with van der Waals surface area (Å²) in [6.07, 6.45) is 2.25. The summed E-state index contributed by atoms with van der Waals surface area (Å²) in [5.74, 6) is 0. The lowest BCUT2D eigenvalue weighted by molar-refractivity contribution is 0.896. The van der Waals surface area contributed by atoms with Crippen LogP contribution in [0.1, 0.15) is 19.0 Å². The lowest BCUT2D eigenvalue weighted by Crippen LogP contribution is -1.79. The first-order chi connectivity index (χ1) is 6.29. The number of halogens is 1. The molecule has 1 N–H and O–H groups in total. The van der Waals surface area contributed by atoms with Gasteiger partial charge in [-0.05, 0) is 40.5 Å². The average molecular weight is 239 g/mol. The van der Waals surface area contributed by atoms with Crippen molar-refractivity contribution in [1.29, 1.82) is 0 Å². The number of nitrogens with zero attached hydrogens (tertiary/aromatic N) is 1. The molecule has 0 aliphatic rings. The van der Waals surface area contributed by atoms with Gasteiger partial charge in [-0.3, -0.25) is 0 Å². The highest BCUT2D eigenvalue weighted by atomic mass is 79.9. The minimum atomic E-state index is 0.891. The van der Waals surface area contributed by atoms with Crippen molar-refractivity contribution >= 4 is 27.0 Å². The molecule has 13 heavy (non-hydrogen) atoms. The van der Waals surface area contributed by atoms with Crippen LogP contribution in [0.25, 0.3) is 11.0 Å². The lowest BCUT2D eigenvalue weighted by atomic mass is 10.2. The van der Waals surface area contributed by atoms with E-state index in [0.29, 0.717) is 0 Å². The molecular weight excluding hydrogens is 228 g/mol. The second kappa shape index (κ2) is 3.50. The molecule has 2 aromatic heterocycles. The molecule has 0 bridgehead atoms. The molecule has 2 rings (SSSR count). The third-order valence-electron chi connectivity index (χ3n) is 2.02. The van der Waals surface area contributed by atoms with Crippen LogP contribution >= 0.6 is 15.9 Å². The zero-order valence-corrected chi connectivity index (χ0v) is 9.06. The van der Waals surface area contributed by atoms with E-state index in [4.69, 9.17) is 0 Å². The summed E-state index contributed by atoms with van der Waals surface area (Å²) >= 11 is 3.36. The molecule has 0 aromatic carbocycles. The van der Waals surface area contributed by atoms with Gasteiger partial charge in [-0.1, -0.05) is 13.3 Å². The Bertz CT molecular complexity index is 420. The van der Waals surface area contributed by atoms with Crippen molar-refractivity contribution in [2.75, 3.05) is 0 Å². The van der Waals surface area contributed by atoms with Crippen molar-refractivity contribution in [2.45, 2.75) is 19.8 Å². The Morgan fingerprint density at radius 1 is 1.46 bits per heavy atom. The standard InChI is InChI=1S/C10H11BrN2/c1-2-3-7-6-9-8(12-7)4-5-10(11)13-9/h4-6,12H,2-3H2,1H3. The number of aromatic amines is 1. The van der Waals surface area contributed by atoms with Crippen LogP contribution in [0.5, 0.6) is 0 Å². The predicted octanol–water partition coefficient (Wildman–Crippen LogP) is 3.28. The Morgan fingerprint density at radius 2 is 2.31 bits per heavy atom. The summed E-state index contributed by atoms with van der Waals surface area (Å²) in [6, 6.07) is 6.11. The third-order valence-corrected chi connectivity index (χ3v) is 2.46. The van der Waals surface area contributed by atoms with Gasteiger partial charge in [0, 0.05) is 5.69 Å². The molecule has 0 spiro atoms. The Morgan fingerprint density at radius 3 is 3.08 bits per heavy atom. The van der Waals surface area contributed by atoms with Gasteiger partial charge in [0.25, 0.3) is 0 Å². The number of nitrogens with one attached hydrogen (secondary N) is 1. The number of hydrogen-bond donors (Lipinski definition) is 1. The molecule has 68 valence electrons. The first kappa shape index (κ1) is 8.75. The van der Waals surface area contributed by atoms with E-state index in [1.807, 2.05) is 12.1 Å². The van der Waals surface area contributed by atoms with Crippen LogP contribution in [0.15, 0.2) is 22.8 Å². The van der Waals surface area contributed by atoms with Crippen LogP contribution in [-0.2, 0) is 6.42 Å². The van der Waals surface area contributed by atoms with E-state index in [1.165, 1.54) is 5.69 Å². The molecule has 0 atom stereocenters. The quantitative estimate of drug-likeness (QED) is 0.800. The molecule has 2 heterocycles. The number of aryl methyl sites for hydroxylation is 1. The monoisotopic (exact) mass is 238 g/mol. The number of H-pyrrole nitrogens is 1. The molecule has 0 unspecified atom stereocenters. The number of fused-ring (bicyclic) bond motifs is 1. The van der Waals surface area contributed by atoms with Crippen LogP contribution in [0.2, 0.25) is 0 Å². The van der Waals surface area contributed by atoms with Gasteiger partial charge >= 0.3 is 0 Å². The Kier molecular flexibility index (Phi) is 2.36. The van der Waals surface area contributed by atoms with Crippen LogP contribution in [0.4, 0.5) is 0 Å². The number of aromatic nitrogens is 2. The van der Waals surface area contributed by atoms with Gasteiger partial charge < -0.3 is 4.98 Å². The third kappa shape index (κ3) is 1.75. The summed E-state index contributed by atoms with van der Waals surface area (Å²) in [6.45, 7) is 2.18. The molecule has 0 aliphatic heterocycles. The van der Waals surface area contributed by atoms with Crippen molar-refractivity contribution in [2.24, 2.45) is 0 Å². The van der Waals surface area contributed by atoms with Crippen molar-refractivity contribution in [3.63, 3.8) is 0 Å². The fourth-order valence-electron chi connectivity index (χ4n) is 1.44. The normalized spacial score (nSPS) is 10.9. The summed E-state index contributed by atoms with van der Waals surface area (Å²) in [4.78, 5) is 7.70. The maximum absolute atomic E-state index is 4.36. The molecule has 0 saturated carbocycles. The van der Waals surface area contributed by atoms with E-state index in [2.05, 4.69) is 38.9 Å². The first-order valence-corrected chi connectivity index (χ1v) is 5.23. The van der Waals surface area contributed by atoms with Gasteiger partial charge in [0.05, 0.1) is 11.0 Å². The van der Waals surface area contributed by atoms with Gasteiger partial charge in [0.1, 0.15) is 4.60 Å². The molecule has 0 fully saturated rings. The van der Waals surface area contributed by atoms with Crippen LogP contribution < -0.4 is 0 Å². The summed E-state index contributed by atoms with van der Waals surface area (Å²) < 4.78 is 0.891. The molecule has 2 aromatic rings. The molecule has 0 amide bonds. The van der Waals surface area contributed by atoms with Crippen LogP contribution in [0.3, 0.4) is 0 Å². The number of hydrogen-bond acceptors (Lipinski definition) is 1. The Labute approximate surface area is 85.5 Å². The minimum Gasteiger partial charge on any atom is -0.357 e. The summed E-state index contributed by atoms with van der Waals surface area (Å²) in [7, 11) is 0. The SMILES string of the molecule is CCCc1cc2nc(Br)ccc2[nH]1. The van der Waals surface area contributed by atoms with Gasteiger partial charge in [-0.15, -0.1) is 0 Å². The van der Waals surface area contributed by atoms with Gasteiger partial charge in [-0.25, -0.2) is 4.98 Å². The maximum atomic E-state index is 4.36. The zero-order chi connectivity index (χ0) is 9.26. The second-order valence-electron chi connectivity index (χ2n) is 3.11. The second-order valence-corrected chi connectivity index (χ2v) is 3.92. The van der Waals surface area contributed by atoms with Crippen molar-refractivity contribution in [1.82, 2.24) is 9.97 Å². The molecule has 0 saturated heterocycles. The Balaban J connectivity index is 2.49. The molecule has 0 aliphatic carbocycles. The highest BCUT2D eigenvalue weighted by molar-refractivity contribution is 9.10. The van der Waals surface area contributed by atoms with Crippen molar-refractivity contribution in [3.8, 4) is 0 Å². The van der Waals surface area contributed by atoms with Crippen LogP contribution in [0, 0.1) is 0 Å². The molecule has 3 heteroatoms. The van der Waals surface area contributed by atoms with Gasteiger partial charge in [0.15, 0.2) is 0 Å². The minimum absolute atomic E-state index is 0.891. The highest BCUT2D eigenvalue weighted by Crippen LogP contribution is 2.17. The number of rotatable bonds is 2. The highest BCUT2D eigenvalue weighted by Gasteiger charge is 2.00. The van der Waals surface area contributed by atoms with Crippen LogP contribution in [-0.4, -0.2) is 9.97 Å². The largest absolute Gasteiger partial charge is 0.357 e. The number of pyridine rings is 1. The fraction of sp³-hybridized carbons (Fsp3) is 0.300. The predicted molar refractivity (Wildman–Crippen MR) is 57.8 cm³/mol. The van der Waals surface area contributed by atoms with Gasteiger partial charge in [-0.2, -0.15) is 0 Å². The molecule has 0 radical (unpaired) electrons. The summed E-state index contributed by atoms with van der Waals surface area (Å²) in [5, 5.41) is 0. The smallest absolute Gasteiger partial charge is 0.106 e. The Hall–Kier alpha value is -0.830. The van der Waals surface area contributed by atoms with E-state index in [1.54, 1.807) is 0 Å². The maximum Gasteiger partial charge on any atom is 0.106 e. The zero-order valence-electron chi connectivity index (χ0n) is 7.47. The van der Waals surface area contributed by atoms with Gasteiger partial charge in [0.2, 0.25) is 0 Å². The average Bonchev–Trinajstić information content (AvgIpc) is 2.46. The van der Waals surface area contributed by atoms with E-state index in [0.717, 1.165) is 28.5 Å². The molecule has 2 nitrogen and oxygen atoms in total. The molecular formula is C10H11BrN2. The lowest BCUT2D eigenvalue weighted by Gasteiger charge is -1.89. The van der Waals surface area contributed by atoms with E-state index in [9.17, 15) is 0 Å². The topological polar surface area (TPSA) is 28.7 Å². The van der Waals surface area contributed by atoms with E-state index >= 15 is 0 Å². The summed E-state index contributed by atoms with van der Waals surface area (Å²) in [5.41, 5.74) is 3.42. The van der Waals surface area contributed by atoms with Crippen molar-refractivity contribution in [3.05, 3.63) is 28.5 Å². The van der Waals surface area contributed by atoms with Crippen molar-refractivity contribution < 1.29 is 0 Å². The van der Waals surface area contributed by atoms with E-state index < -0.39 is 0 Å². The first-order valence-electron chi connectivity index (χ1n) is 4.43. The van der Waals surface area contributed by atoms with E-state index in [-0.39, 0.29) is 0 Å².